The topological polar surface area (TPSA) is 69.6 Å². The second-order valence-electron chi connectivity index (χ2n) is 3.86. The summed E-state index contributed by atoms with van der Waals surface area (Å²) in [5, 5.41) is 21.5. The molecule has 4 heteroatoms. The van der Waals surface area contributed by atoms with E-state index in [0.29, 0.717) is 11.1 Å². The highest BCUT2D eigenvalue weighted by atomic mass is 16.3. The summed E-state index contributed by atoms with van der Waals surface area (Å²) in [5.41, 5.74) is 1.02. The lowest BCUT2D eigenvalue weighted by Gasteiger charge is -2.07. The summed E-state index contributed by atoms with van der Waals surface area (Å²) in [4.78, 5) is 11.8. The molecule has 0 saturated carbocycles. The minimum Gasteiger partial charge on any atom is -0.508 e. The molecule has 0 aromatic heterocycles. The van der Waals surface area contributed by atoms with Crippen LogP contribution in [0.4, 0.5) is 0 Å². The molecule has 2 aromatic carbocycles. The van der Waals surface area contributed by atoms with Gasteiger partial charge >= 0.3 is 0 Å². The lowest BCUT2D eigenvalue weighted by molar-refractivity contribution is 0.0950. The number of carbonyl (C=O) groups is 1. The maximum Gasteiger partial charge on any atom is 0.251 e. The summed E-state index contributed by atoms with van der Waals surface area (Å²) in [6, 6.07) is 12.9. The summed E-state index contributed by atoms with van der Waals surface area (Å²) in [5.74, 6) is -0.104. The minimum absolute atomic E-state index is 0.0465. The molecule has 0 aliphatic rings. The number of hydrogen-bond donors (Lipinski definition) is 3. The zero-order chi connectivity index (χ0) is 13.0. The van der Waals surface area contributed by atoms with Gasteiger partial charge in [-0.2, -0.15) is 0 Å². The maximum absolute atomic E-state index is 11.8. The van der Waals surface area contributed by atoms with Crippen LogP contribution in [-0.2, 0) is 6.54 Å². The van der Waals surface area contributed by atoms with Crippen molar-refractivity contribution in [2.24, 2.45) is 0 Å². The number of aromatic hydroxyl groups is 2. The second-order valence-corrected chi connectivity index (χ2v) is 3.86. The monoisotopic (exact) mass is 243 g/mol. The normalized spacial score (nSPS) is 10.0. The van der Waals surface area contributed by atoms with Gasteiger partial charge < -0.3 is 15.5 Å². The third-order valence-electron chi connectivity index (χ3n) is 2.54. The van der Waals surface area contributed by atoms with E-state index in [9.17, 15) is 15.0 Å². The molecule has 18 heavy (non-hydrogen) atoms. The van der Waals surface area contributed by atoms with Crippen LogP contribution < -0.4 is 5.32 Å². The number of rotatable bonds is 3. The van der Waals surface area contributed by atoms with Gasteiger partial charge in [0.2, 0.25) is 0 Å². The molecular weight excluding hydrogens is 230 g/mol. The third-order valence-corrected chi connectivity index (χ3v) is 2.54. The quantitative estimate of drug-likeness (QED) is 0.772. The van der Waals surface area contributed by atoms with Crippen molar-refractivity contribution in [2.45, 2.75) is 6.54 Å². The smallest absolute Gasteiger partial charge is 0.251 e. The number of hydrogen-bond acceptors (Lipinski definition) is 3. The summed E-state index contributed by atoms with van der Waals surface area (Å²) < 4.78 is 0. The first-order chi connectivity index (χ1) is 8.66. The molecule has 0 fully saturated rings. The van der Waals surface area contributed by atoms with Crippen LogP contribution in [0.2, 0.25) is 0 Å². The fraction of sp³-hybridized carbons (Fsp3) is 0.0714. The minimum atomic E-state index is -0.297. The Labute approximate surface area is 105 Å². The molecule has 4 nitrogen and oxygen atoms in total. The highest BCUT2D eigenvalue weighted by Gasteiger charge is 2.07. The van der Waals surface area contributed by atoms with Crippen LogP contribution in [0, 0.1) is 0 Å². The van der Waals surface area contributed by atoms with E-state index in [-0.39, 0.29) is 24.0 Å². The number of para-hydroxylation sites is 1. The molecule has 3 N–H and O–H groups in total. The van der Waals surface area contributed by atoms with Crippen molar-refractivity contribution in [3.8, 4) is 11.5 Å². The van der Waals surface area contributed by atoms with Crippen molar-refractivity contribution < 1.29 is 15.0 Å². The summed E-state index contributed by atoms with van der Waals surface area (Å²) in [6.07, 6.45) is 0. The van der Waals surface area contributed by atoms with Gasteiger partial charge in [-0.15, -0.1) is 0 Å². The van der Waals surface area contributed by atoms with E-state index >= 15 is 0 Å². The molecule has 0 saturated heterocycles. The van der Waals surface area contributed by atoms with Gasteiger partial charge in [0, 0.05) is 17.7 Å². The first kappa shape index (κ1) is 12.0. The Bertz CT molecular complexity index is 566. The zero-order valence-corrected chi connectivity index (χ0v) is 9.63. The van der Waals surface area contributed by atoms with Crippen molar-refractivity contribution in [3.05, 3.63) is 59.7 Å². The van der Waals surface area contributed by atoms with Crippen molar-refractivity contribution in [2.75, 3.05) is 0 Å². The molecule has 0 unspecified atom stereocenters. The molecule has 92 valence electrons. The Morgan fingerprint density at radius 1 is 1.06 bits per heavy atom. The van der Waals surface area contributed by atoms with E-state index in [2.05, 4.69) is 5.32 Å². The number of phenolic OH excluding ortho intramolecular Hbond substituents is 2. The highest BCUT2D eigenvalue weighted by molar-refractivity contribution is 5.94. The zero-order valence-electron chi connectivity index (χ0n) is 9.63. The summed E-state index contributed by atoms with van der Waals surface area (Å²) >= 11 is 0. The van der Waals surface area contributed by atoms with Crippen LogP contribution in [0.25, 0.3) is 0 Å². The lowest BCUT2D eigenvalue weighted by atomic mass is 10.1. The molecule has 0 aliphatic carbocycles. The van der Waals surface area contributed by atoms with E-state index in [1.165, 1.54) is 12.1 Å². The number of amides is 1. The standard InChI is InChI=1S/C14H13NO3/c16-12-6-3-5-10(8-12)14(18)15-9-11-4-1-2-7-13(11)17/h1-8,16-17H,9H2,(H,15,18). The number of nitrogens with one attached hydrogen (secondary N) is 1. The SMILES string of the molecule is O=C(NCc1ccccc1O)c1cccc(O)c1. The molecule has 0 heterocycles. The molecule has 0 bridgehead atoms. The van der Waals surface area contributed by atoms with Crippen LogP contribution >= 0.6 is 0 Å². The summed E-state index contributed by atoms with van der Waals surface area (Å²) in [6.45, 7) is 0.237. The van der Waals surface area contributed by atoms with Crippen molar-refractivity contribution in [3.63, 3.8) is 0 Å². The molecule has 0 atom stereocenters. The van der Waals surface area contributed by atoms with Gasteiger partial charge in [0.25, 0.3) is 5.91 Å². The van der Waals surface area contributed by atoms with E-state index in [1.807, 2.05) is 0 Å². The predicted molar refractivity (Wildman–Crippen MR) is 67.4 cm³/mol. The first-order valence-corrected chi connectivity index (χ1v) is 5.51. The van der Waals surface area contributed by atoms with Crippen LogP contribution in [0.3, 0.4) is 0 Å². The van der Waals surface area contributed by atoms with Gasteiger partial charge in [0.05, 0.1) is 0 Å². The van der Waals surface area contributed by atoms with Gasteiger partial charge in [-0.25, -0.2) is 0 Å². The number of benzene rings is 2. The fourth-order valence-corrected chi connectivity index (χ4v) is 1.59. The molecule has 2 aromatic rings. The largest absolute Gasteiger partial charge is 0.508 e. The first-order valence-electron chi connectivity index (χ1n) is 5.51. The molecule has 0 aliphatic heterocycles. The molecular formula is C14H13NO3. The van der Waals surface area contributed by atoms with E-state index in [1.54, 1.807) is 36.4 Å². The molecule has 1 amide bonds. The Morgan fingerprint density at radius 3 is 2.56 bits per heavy atom. The highest BCUT2D eigenvalue weighted by Crippen LogP contribution is 2.15. The van der Waals surface area contributed by atoms with Crippen LogP contribution in [0.15, 0.2) is 48.5 Å². The van der Waals surface area contributed by atoms with Crippen molar-refractivity contribution >= 4 is 5.91 Å². The predicted octanol–water partition coefficient (Wildman–Crippen LogP) is 2.03. The lowest BCUT2D eigenvalue weighted by Crippen LogP contribution is -2.22. The average molecular weight is 243 g/mol. The molecule has 2 rings (SSSR count). The number of carbonyl (C=O) groups excluding carboxylic acids is 1. The van der Waals surface area contributed by atoms with Gasteiger partial charge in [0.1, 0.15) is 11.5 Å². The van der Waals surface area contributed by atoms with Crippen LogP contribution in [-0.4, -0.2) is 16.1 Å². The maximum atomic E-state index is 11.8. The van der Waals surface area contributed by atoms with Gasteiger partial charge in [0.15, 0.2) is 0 Å². The fourth-order valence-electron chi connectivity index (χ4n) is 1.59. The van der Waals surface area contributed by atoms with E-state index in [0.717, 1.165) is 0 Å². The average Bonchev–Trinajstić information content (AvgIpc) is 2.37. The Morgan fingerprint density at radius 2 is 1.83 bits per heavy atom. The third kappa shape index (κ3) is 2.79. The molecule has 0 spiro atoms. The van der Waals surface area contributed by atoms with E-state index in [4.69, 9.17) is 0 Å². The van der Waals surface area contributed by atoms with Gasteiger partial charge in [-0.1, -0.05) is 24.3 Å². The Hall–Kier alpha value is -2.49. The molecule has 0 radical (unpaired) electrons. The Balaban J connectivity index is 2.03. The van der Waals surface area contributed by atoms with Crippen LogP contribution in [0.1, 0.15) is 15.9 Å². The van der Waals surface area contributed by atoms with Gasteiger partial charge in [-0.3, -0.25) is 4.79 Å². The summed E-state index contributed by atoms with van der Waals surface area (Å²) in [7, 11) is 0. The van der Waals surface area contributed by atoms with Crippen molar-refractivity contribution in [1.29, 1.82) is 0 Å². The number of phenols is 2. The second kappa shape index (κ2) is 5.23. The van der Waals surface area contributed by atoms with E-state index < -0.39 is 0 Å². The Kier molecular flexibility index (Phi) is 3.48. The van der Waals surface area contributed by atoms with Crippen LogP contribution in [0.5, 0.6) is 11.5 Å². The van der Waals surface area contributed by atoms with Crippen molar-refractivity contribution in [1.82, 2.24) is 5.32 Å². The van der Waals surface area contributed by atoms with Gasteiger partial charge in [-0.05, 0) is 24.3 Å².